The van der Waals surface area contributed by atoms with Crippen molar-refractivity contribution < 1.29 is 18.6 Å². The Labute approximate surface area is 297 Å². The highest BCUT2D eigenvalue weighted by molar-refractivity contribution is 6.62. The minimum atomic E-state index is -0.450. The Morgan fingerprint density at radius 3 is 1.22 bits per heavy atom. The first kappa shape index (κ1) is 33.0. The molecule has 0 bridgehead atoms. The molecular formula is C44H44B2O4. The average molecular weight is 658 g/mol. The molecule has 2 heterocycles. The molecule has 0 aromatic heterocycles. The minimum Gasteiger partial charge on any atom is -0.399 e. The maximum Gasteiger partial charge on any atom is 0.494 e. The van der Waals surface area contributed by atoms with Crippen molar-refractivity contribution in [1.82, 2.24) is 0 Å². The van der Waals surface area contributed by atoms with Crippen molar-refractivity contribution in [3.8, 4) is 33.4 Å². The number of benzene rings is 6. The van der Waals surface area contributed by atoms with E-state index < -0.39 is 36.6 Å². The summed E-state index contributed by atoms with van der Waals surface area (Å²) >= 11 is 0. The second-order valence-corrected chi connectivity index (χ2v) is 15.8. The van der Waals surface area contributed by atoms with E-state index in [-0.39, 0.29) is 0 Å². The van der Waals surface area contributed by atoms with Gasteiger partial charge in [-0.15, -0.1) is 0 Å². The molecule has 2 saturated heterocycles. The van der Waals surface area contributed by atoms with Gasteiger partial charge in [0.15, 0.2) is 0 Å². The molecule has 0 spiro atoms. The number of hydrogen-bond acceptors (Lipinski definition) is 4. The van der Waals surface area contributed by atoms with Gasteiger partial charge in [-0.05, 0) is 127 Å². The first-order valence-electron chi connectivity index (χ1n) is 17.7. The number of fused-ring (bicyclic) bond motifs is 2. The van der Waals surface area contributed by atoms with E-state index in [0.717, 1.165) is 22.1 Å². The van der Waals surface area contributed by atoms with E-state index in [0.29, 0.717) is 0 Å². The van der Waals surface area contributed by atoms with E-state index in [1.54, 1.807) is 0 Å². The van der Waals surface area contributed by atoms with Crippen molar-refractivity contribution in [2.24, 2.45) is 0 Å². The Kier molecular flexibility index (Phi) is 7.70. The van der Waals surface area contributed by atoms with Crippen LogP contribution < -0.4 is 10.9 Å². The Hall–Kier alpha value is -4.19. The van der Waals surface area contributed by atoms with Crippen LogP contribution in [-0.2, 0) is 18.6 Å². The summed E-state index contributed by atoms with van der Waals surface area (Å²) in [6, 6.07) is 43.7. The fourth-order valence-electron chi connectivity index (χ4n) is 7.25. The normalized spacial score (nSPS) is 19.0. The Bertz CT molecular complexity index is 2220. The molecule has 4 nitrogen and oxygen atoms in total. The van der Waals surface area contributed by atoms with Gasteiger partial charge >= 0.3 is 14.2 Å². The summed E-state index contributed by atoms with van der Waals surface area (Å²) in [5.74, 6) is 0. The smallest absolute Gasteiger partial charge is 0.399 e. The van der Waals surface area contributed by atoms with Gasteiger partial charge in [0.1, 0.15) is 0 Å². The van der Waals surface area contributed by atoms with Crippen LogP contribution >= 0.6 is 0 Å². The summed E-state index contributed by atoms with van der Waals surface area (Å²) in [5, 5.41) is 4.75. The maximum atomic E-state index is 6.51. The van der Waals surface area contributed by atoms with Gasteiger partial charge in [0.2, 0.25) is 0 Å². The van der Waals surface area contributed by atoms with E-state index in [2.05, 4.69) is 177 Å². The van der Waals surface area contributed by atoms with Gasteiger partial charge in [-0.3, -0.25) is 0 Å². The SMILES string of the molecule is CC1(C)OB(c2cccc(-c3c4ccccc4c(-c4cccc(B5OC(C)(C)C(C)(C)O5)c4)c4cc(-c5ccccc5)ccc34)c2)OC1(C)C. The highest BCUT2D eigenvalue weighted by Gasteiger charge is 2.52. The lowest BCUT2D eigenvalue weighted by Gasteiger charge is -2.32. The van der Waals surface area contributed by atoms with Crippen LogP contribution in [0.3, 0.4) is 0 Å². The summed E-state index contributed by atoms with van der Waals surface area (Å²) in [6.07, 6.45) is 0. The van der Waals surface area contributed by atoms with Crippen LogP contribution in [0.15, 0.2) is 121 Å². The van der Waals surface area contributed by atoms with E-state index >= 15 is 0 Å². The standard InChI is InChI=1S/C44H44B2O4/c1-41(2)42(3,4)48-45(47-41)33-20-14-18-31(26-33)39-35-22-12-13-23-36(35)40(38-28-30(24-25-37(38)39)29-16-10-9-11-17-29)32-19-15-21-34(27-32)46-49-43(5,6)44(7,8)50-46/h9-28H,1-8H3. The summed E-state index contributed by atoms with van der Waals surface area (Å²) in [4.78, 5) is 0. The fourth-order valence-corrected chi connectivity index (χ4v) is 7.25. The Morgan fingerprint density at radius 2 is 0.740 bits per heavy atom. The van der Waals surface area contributed by atoms with Gasteiger partial charge in [0.05, 0.1) is 22.4 Å². The lowest BCUT2D eigenvalue weighted by atomic mass is 9.76. The van der Waals surface area contributed by atoms with Gasteiger partial charge in [0.25, 0.3) is 0 Å². The number of hydrogen-bond donors (Lipinski definition) is 0. The molecule has 6 aromatic rings. The molecule has 2 aliphatic rings. The zero-order chi connectivity index (χ0) is 35.1. The predicted molar refractivity (Wildman–Crippen MR) is 209 cm³/mol. The van der Waals surface area contributed by atoms with Crippen LogP contribution in [0.1, 0.15) is 55.4 Å². The Morgan fingerprint density at radius 1 is 0.340 bits per heavy atom. The van der Waals surface area contributed by atoms with Crippen LogP contribution in [0.4, 0.5) is 0 Å². The van der Waals surface area contributed by atoms with Crippen molar-refractivity contribution in [3.63, 3.8) is 0 Å². The summed E-state index contributed by atoms with van der Waals surface area (Å²) in [5.41, 5.74) is 7.34. The first-order chi connectivity index (χ1) is 23.7. The number of rotatable bonds is 5. The molecule has 0 atom stereocenters. The quantitative estimate of drug-likeness (QED) is 0.137. The highest BCUT2D eigenvalue weighted by atomic mass is 16.7. The third kappa shape index (κ3) is 5.41. The van der Waals surface area contributed by atoms with Crippen LogP contribution in [0.2, 0.25) is 0 Å². The Balaban J connectivity index is 1.36. The van der Waals surface area contributed by atoms with Gasteiger partial charge in [-0.1, -0.05) is 115 Å². The largest absolute Gasteiger partial charge is 0.494 e. The van der Waals surface area contributed by atoms with E-state index in [1.807, 2.05) is 0 Å². The summed E-state index contributed by atoms with van der Waals surface area (Å²) < 4.78 is 26.0. The zero-order valence-corrected chi connectivity index (χ0v) is 30.3. The third-order valence-corrected chi connectivity index (χ3v) is 11.5. The molecule has 8 rings (SSSR count). The molecule has 0 unspecified atom stereocenters. The lowest BCUT2D eigenvalue weighted by molar-refractivity contribution is 0.00578. The molecule has 0 radical (unpaired) electrons. The molecule has 0 saturated carbocycles. The average Bonchev–Trinajstić information content (AvgIpc) is 3.46. The third-order valence-electron chi connectivity index (χ3n) is 11.5. The molecule has 0 aliphatic carbocycles. The van der Waals surface area contributed by atoms with E-state index in [1.165, 1.54) is 43.8 Å². The van der Waals surface area contributed by atoms with Crippen molar-refractivity contribution >= 4 is 46.7 Å². The van der Waals surface area contributed by atoms with Gasteiger partial charge in [-0.25, -0.2) is 0 Å². The van der Waals surface area contributed by atoms with E-state index in [4.69, 9.17) is 18.6 Å². The lowest BCUT2D eigenvalue weighted by Crippen LogP contribution is -2.41. The first-order valence-corrected chi connectivity index (χ1v) is 17.7. The van der Waals surface area contributed by atoms with Gasteiger partial charge < -0.3 is 18.6 Å². The summed E-state index contributed by atoms with van der Waals surface area (Å²) in [6.45, 7) is 16.8. The van der Waals surface area contributed by atoms with Crippen LogP contribution in [0.5, 0.6) is 0 Å². The molecule has 0 amide bonds. The van der Waals surface area contributed by atoms with Crippen LogP contribution in [0.25, 0.3) is 54.9 Å². The topological polar surface area (TPSA) is 36.9 Å². The van der Waals surface area contributed by atoms with Crippen LogP contribution in [-0.4, -0.2) is 36.6 Å². The van der Waals surface area contributed by atoms with Crippen molar-refractivity contribution in [2.75, 3.05) is 0 Å². The predicted octanol–water partition coefficient (Wildman–Crippen LogP) is 9.59. The molecular weight excluding hydrogens is 614 g/mol. The molecule has 6 aromatic carbocycles. The fraction of sp³-hybridized carbons (Fsp3) is 0.273. The monoisotopic (exact) mass is 658 g/mol. The van der Waals surface area contributed by atoms with Crippen molar-refractivity contribution in [2.45, 2.75) is 77.8 Å². The highest BCUT2D eigenvalue weighted by Crippen LogP contribution is 2.45. The van der Waals surface area contributed by atoms with Crippen molar-refractivity contribution in [3.05, 3.63) is 121 Å². The second-order valence-electron chi connectivity index (χ2n) is 15.8. The minimum absolute atomic E-state index is 0.419. The molecule has 50 heavy (non-hydrogen) atoms. The van der Waals surface area contributed by atoms with Gasteiger partial charge in [-0.2, -0.15) is 0 Å². The van der Waals surface area contributed by atoms with Crippen LogP contribution in [0, 0.1) is 0 Å². The van der Waals surface area contributed by atoms with Gasteiger partial charge in [0, 0.05) is 0 Å². The molecule has 250 valence electrons. The molecule has 6 heteroatoms. The van der Waals surface area contributed by atoms with Crippen molar-refractivity contribution in [1.29, 1.82) is 0 Å². The van der Waals surface area contributed by atoms with E-state index in [9.17, 15) is 0 Å². The maximum absolute atomic E-state index is 6.51. The second kappa shape index (κ2) is 11.7. The summed E-state index contributed by atoms with van der Waals surface area (Å²) in [7, 11) is -0.895. The molecule has 2 fully saturated rings. The zero-order valence-electron chi connectivity index (χ0n) is 30.3. The molecule has 2 aliphatic heterocycles. The molecule has 0 N–H and O–H groups in total.